The first-order valence-electron chi connectivity index (χ1n) is 8.52. The molecular weight excluding hydrogens is 303 g/mol. The van der Waals surface area contributed by atoms with Gasteiger partial charge in [-0.25, -0.2) is 4.39 Å². The number of ether oxygens (including phenoxy) is 1. The van der Waals surface area contributed by atoms with E-state index in [9.17, 15) is 9.18 Å². The number of benzene rings is 2. The molecule has 0 heterocycles. The lowest BCUT2D eigenvalue weighted by Gasteiger charge is -2.28. The SMILES string of the molecule is COC1CCC(c2ccc(-c3ccc(C(C)=O)cc3)c(F)c2)CC1. The van der Waals surface area contributed by atoms with Gasteiger partial charge >= 0.3 is 0 Å². The molecule has 0 radical (unpaired) electrons. The minimum atomic E-state index is -0.197. The van der Waals surface area contributed by atoms with Crippen LogP contribution in [0.15, 0.2) is 42.5 Å². The topological polar surface area (TPSA) is 26.3 Å². The molecule has 0 spiro atoms. The van der Waals surface area contributed by atoms with E-state index in [0.717, 1.165) is 36.8 Å². The van der Waals surface area contributed by atoms with Crippen molar-refractivity contribution in [3.8, 4) is 11.1 Å². The van der Waals surface area contributed by atoms with Crippen LogP contribution in [0.1, 0.15) is 54.4 Å². The van der Waals surface area contributed by atoms with Crippen LogP contribution in [-0.2, 0) is 4.74 Å². The molecule has 1 fully saturated rings. The Labute approximate surface area is 142 Å². The third-order valence-corrected chi connectivity index (χ3v) is 5.07. The van der Waals surface area contributed by atoms with Crippen LogP contribution in [0, 0.1) is 5.82 Å². The van der Waals surface area contributed by atoms with E-state index in [1.54, 1.807) is 37.4 Å². The maximum absolute atomic E-state index is 14.6. The molecule has 0 atom stereocenters. The molecule has 0 aliphatic heterocycles. The maximum atomic E-state index is 14.6. The van der Waals surface area contributed by atoms with E-state index >= 15 is 0 Å². The van der Waals surface area contributed by atoms with Gasteiger partial charge in [0.1, 0.15) is 5.82 Å². The standard InChI is InChI=1S/C21H23FO2/c1-14(23)15-3-5-17(6-4-15)20-12-9-18(13-21(20)22)16-7-10-19(24-2)11-8-16/h3-6,9,12-13,16,19H,7-8,10-11H2,1-2H3. The highest BCUT2D eigenvalue weighted by Gasteiger charge is 2.22. The summed E-state index contributed by atoms with van der Waals surface area (Å²) in [6, 6.07) is 12.7. The molecule has 1 aliphatic rings. The van der Waals surface area contributed by atoms with Crippen molar-refractivity contribution in [1.29, 1.82) is 0 Å². The minimum Gasteiger partial charge on any atom is -0.381 e. The first-order chi connectivity index (χ1) is 11.6. The Morgan fingerprint density at radius 3 is 2.25 bits per heavy atom. The van der Waals surface area contributed by atoms with Crippen molar-refractivity contribution in [3.05, 3.63) is 59.4 Å². The van der Waals surface area contributed by atoms with Crippen molar-refractivity contribution in [2.24, 2.45) is 0 Å². The first-order valence-corrected chi connectivity index (χ1v) is 8.52. The number of carbonyl (C=O) groups excluding carboxylic acids is 1. The van der Waals surface area contributed by atoms with E-state index in [-0.39, 0.29) is 11.6 Å². The van der Waals surface area contributed by atoms with Crippen LogP contribution in [0.3, 0.4) is 0 Å². The van der Waals surface area contributed by atoms with Crippen LogP contribution < -0.4 is 0 Å². The number of hydrogen-bond donors (Lipinski definition) is 0. The zero-order chi connectivity index (χ0) is 17.1. The van der Waals surface area contributed by atoms with Gasteiger partial charge in [0.05, 0.1) is 6.10 Å². The van der Waals surface area contributed by atoms with Gasteiger partial charge in [0.15, 0.2) is 5.78 Å². The average molecular weight is 326 g/mol. The predicted molar refractivity (Wildman–Crippen MR) is 93.8 cm³/mol. The lowest BCUT2D eigenvalue weighted by atomic mass is 9.82. The Bertz CT molecular complexity index is 713. The highest BCUT2D eigenvalue weighted by Crippen LogP contribution is 2.35. The van der Waals surface area contributed by atoms with Gasteiger partial charge in [-0.1, -0.05) is 36.4 Å². The summed E-state index contributed by atoms with van der Waals surface area (Å²) in [5.41, 5.74) is 3.10. The monoisotopic (exact) mass is 326 g/mol. The molecule has 2 aromatic carbocycles. The molecule has 0 aromatic heterocycles. The lowest BCUT2D eigenvalue weighted by Crippen LogP contribution is -2.19. The van der Waals surface area contributed by atoms with Gasteiger partial charge in [0.25, 0.3) is 0 Å². The highest BCUT2D eigenvalue weighted by atomic mass is 19.1. The third-order valence-electron chi connectivity index (χ3n) is 5.07. The van der Waals surface area contributed by atoms with E-state index in [4.69, 9.17) is 4.74 Å². The Morgan fingerprint density at radius 1 is 1.04 bits per heavy atom. The zero-order valence-corrected chi connectivity index (χ0v) is 14.2. The second kappa shape index (κ2) is 7.27. The fourth-order valence-corrected chi connectivity index (χ4v) is 3.54. The molecule has 24 heavy (non-hydrogen) atoms. The number of carbonyl (C=O) groups is 1. The molecule has 0 saturated heterocycles. The van der Waals surface area contributed by atoms with E-state index in [0.29, 0.717) is 23.1 Å². The van der Waals surface area contributed by atoms with Crippen molar-refractivity contribution < 1.29 is 13.9 Å². The van der Waals surface area contributed by atoms with E-state index in [1.807, 2.05) is 12.1 Å². The Hall–Kier alpha value is -2.00. The van der Waals surface area contributed by atoms with Crippen LogP contribution in [0.5, 0.6) is 0 Å². The Kier molecular flexibility index (Phi) is 5.10. The highest BCUT2D eigenvalue weighted by molar-refractivity contribution is 5.94. The Morgan fingerprint density at radius 2 is 1.71 bits per heavy atom. The van der Waals surface area contributed by atoms with Crippen LogP contribution in [-0.4, -0.2) is 19.0 Å². The maximum Gasteiger partial charge on any atom is 0.159 e. The summed E-state index contributed by atoms with van der Waals surface area (Å²) in [7, 11) is 1.76. The summed E-state index contributed by atoms with van der Waals surface area (Å²) < 4.78 is 20.0. The molecule has 1 saturated carbocycles. The lowest BCUT2D eigenvalue weighted by molar-refractivity contribution is 0.0658. The Balaban J connectivity index is 1.78. The van der Waals surface area contributed by atoms with Gasteiger partial charge in [-0.05, 0) is 55.7 Å². The summed E-state index contributed by atoms with van der Waals surface area (Å²) in [5.74, 6) is 0.237. The first kappa shape index (κ1) is 16.8. The summed E-state index contributed by atoms with van der Waals surface area (Å²) in [5, 5.41) is 0. The number of halogens is 1. The van der Waals surface area contributed by atoms with Gasteiger partial charge in [-0.15, -0.1) is 0 Å². The van der Waals surface area contributed by atoms with Crippen LogP contribution >= 0.6 is 0 Å². The van der Waals surface area contributed by atoms with Crippen LogP contribution in [0.4, 0.5) is 4.39 Å². The molecule has 126 valence electrons. The zero-order valence-electron chi connectivity index (χ0n) is 14.2. The van der Waals surface area contributed by atoms with E-state index in [1.165, 1.54) is 6.92 Å². The largest absolute Gasteiger partial charge is 0.381 e. The van der Waals surface area contributed by atoms with Gasteiger partial charge in [0.2, 0.25) is 0 Å². The smallest absolute Gasteiger partial charge is 0.159 e. The quantitative estimate of drug-likeness (QED) is 0.706. The molecule has 3 heteroatoms. The van der Waals surface area contributed by atoms with Gasteiger partial charge in [-0.3, -0.25) is 4.79 Å². The van der Waals surface area contributed by atoms with Crippen molar-refractivity contribution in [2.75, 3.05) is 7.11 Å². The number of ketones is 1. The second-order valence-electron chi connectivity index (χ2n) is 6.58. The predicted octanol–water partition coefficient (Wildman–Crippen LogP) is 5.37. The summed E-state index contributed by atoms with van der Waals surface area (Å²) in [6.07, 6.45) is 4.52. The van der Waals surface area contributed by atoms with Crippen LogP contribution in [0.25, 0.3) is 11.1 Å². The number of rotatable bonds is 4. The van der Waals surface area contributed by atoms with Crippen molar-refractivity contribution in [1.82, 2.24) is 0 Å². The number of methoxy groups -OCH3 is 1. The molecule has 1 aliphatic carbocycles. The molecule has 2 aromatic rings. The van der Waals surface area contributed by atoms with Crippen molar-refractivity contribution >= 4 is 5.78 Å². The van der Waals surface area contributed by atoms with Gasteiger partial charge < -0.3 is 4.74 Å². The normalized spacial score (nSPS) is 20.8. The molecular formula is C21H23FO2. The molecule has 0 N–H and O–H groups in total. The summed E-state index contributed by atoms with van der Waals surface area (Å²) >= 11 is 0. The van der Waals surface area contributed by atoms with Gasteiger partial charge in [0, 0.05) is 18.2 Å². The minimum absolute atomic E-state index is 0.0176. The van der Waals surface area contributed by atoms with Crippen molar-refractivity contribution in [2.45, 2.75) is 44.6 Å². The second-order valence-corrected chi connectivity index (χ2v) is 6.58. The molecule has 0 unspecified atom stereocenters. The summed E-state index contributed by atoms with van der Waals surface area (Å²) in [6.45, 7) is 1.53. The van der Waals surface area contributed by atoms with E-state index < -0.39 is 0 Å². The fourth-order valence-electron chi connectivity index (χ4n) is 3.54. The van der Waals surface area contributed by atoms with Crippen molar-refractivity contribution in [3.63, 3.8) is 0 Å². The van der Waals surface area contributed by atoms with Gasteiger partial charge in [-0.2, -0.15) is 0 Å². The average Bonchev–Trinajstić information content (AvgIpc) is 2.62. The number of hydrogen-bond acceptors (Lipinski definition) is 2. The molecule has 3 rings (SSSR count). The molecule has 0 bridgehead atoms. The van der Waals surface area contributed by atoms with E-state index in [2.05, 4.69) is 0 Å². The third kappa shape index (κ3) is 3.57. The number of Topliss-reactive ketones (excluding diaryl/α,β-unsaturated/α-hetero) is 1. The molecule has 2 nitrogen and oxygen atoms in total. The van der Waals surface area contributed by atoms with Crippen LogP contribution in [0.2, 0.25) is 0 Å². The molecule has 0 amide bonds. The summed E-state index contributed by atoms with van der Waals surface area (Å²) in [4.78, 5) is 11.3. The fraction of sp³-hybridized carbons (Fsp3) is 0.381.